The van der Waals surface area contributed by atoms with Crippen molar-refractivity contribution in [3.05, 3.63) is 34.9 Å². The summed E-state index contributed by atoms with van der Waals surface area (Å²) in [5.74, 6) is 0.122. The third kappa shape index (κ3) is 3.87. The van der Waals surface area contributed by atoms with Crippen molar-refractivity contribution in [3.63, 3.8) is 0 Å². The molecule has 16 heavy (non-hydrogen) atoms. The van der Waals surface area contributed by atoms with Gasteiger partial charge in [-0.05, 0) is 30.0 Å². The highest BCUT2D eigenvalue weighted by Gasteiger charge is 2.32. The number of halogens is 3. The zero-order valence-electron chi connectivity index (χ0n) is 10.4. The average molecular weight is 232 g/mol. The van der Waals surface area contributed by atoms with Crippen molar-refractivity contribution in [1.82, 2.24) is 0 Å². The van der Waals surface area contributed by atoms with E-state index in [1.807, 2.05) is 27.7 Å². The van der Waals surface area contributed by atoms with Crippen LogP contribution in [0.15, 0.2) is 18.2 Å². The van der Waals surface area contributed by atoms with Crippen molar-refractivity contribution in [2.45, 2.75) is 46.7 Å². The monoisotopic (exact) mass is 232 g/mol. The number of hydrogen-bond acceptors (Lipinski definition) is 0. The van der Waals surface area contributed by atoms with Crippen LogP contribution < -0.4 is 0 Å². The quantitative estimate of drug-likeness (QED) is 0.627. The van der Waals surface area contributed by atoms with Gasteiger partial charge in [0.1, 0.15) is 0 Å². The molecule has 3 heteroatoms. The highest BCUT2D eigenvalue weighted by atomic mass is 19.4. The molecule has 0 radical (unpaired) electrons. The van der Waals surface area contributed by atoms with Crippen LogP contribution in [0.2, 0.25) is 0 Å². The van der Waals surface area contributed by atoms with Crippen LogP contribution in [-0.4, -0.2) is 0 Å². The zero-order chi connectivity index (χ0) is 12.9. The fraction of sp³-hybridized carbons (Fsp3) is 0.538. The lowest BCUT2D eigenvalue weighted by Crippen LogP contribution is -2.08. The second kappa shape index (κ2) is 5.92. The van der Waals surface area contributed by atoms with E-state index < -0.39 is 11.7 Å². The summed E-state index contributed by atoms with van der Waals surface area (Å²) in [6.07, 6.45) is -4.24. The second-order valence-corrected chi connectivity index (χ2v) is 3.73. The lowest BCUT2D eigenvalue weighted by atomic mass is 9.98. The Morgan fingerprint density at radius 3 is 1.94 bits per heavy atom. The maximum absolute atomic E-state index is 12.5. The summed E-state index contributed by atoms with van der Waals surface area (Å²) >= 11 is 0. The van der Waals surface area contributed by atoms with Crippen molar-refractivity contribution in [2.75, 3.05) is 0 Å². The van der Waals surface area contributed by atoms with Gasteiger partial charge in [-0.15, -0.1) is 0 Å². The molecule has 0 amide bonds. The molecular weight excluding hydrogens is 213 g/mol. The minimum absolute atomic E-state index is 0.122. The van der Waals surface area contributed by atoms with Crippen LogP contribution in [0.3, 0.4) is 0 Å². The molecule has 0 heterocycles. The highest BCUT2D eigenvalue weighted by molar-refractivity contribution is 5.34. The van der Waals surface area contributed by atoms with Gasteiger partial charge >= 0.3 is 6.18 Å². The molecule has 0 nitrogen and oxygen atoms in total. The molecule has 0 fully saturated rings. The van der Waals surface area contributed by atoms with Gasteiger partial charge in [-0.2, -0.15) is 13.2 Å². The minimum Gasteiger partial charge on any atom is -0.166 e. The first-order chi connectivity index (χ1) is 7.32. The van der Waals surface area contributed by atoms with Crippen molar-refractivity contribution in [2.24, 2.45) is 0 Å². The summed E-state index contributed by atoms with van der Waals surface area (Å²) in [6, 6.07) is 4.51. The first-order valence-electron chi connectivity index (χ1n) is 5.50. The largest absolute Gasteiger partial charge is 0.416 e. The van der Waals surface area contributed by atoms with E-state index in [1.165, 1.54) is 19.1 Å². The van der Waals surface area contributed by atoms with Gasteiger partial charge in [0.05, 0.1) is 5.56 Å². The summed E-state index contributed by atoms with van der Waals surface area (Å²) in [5, 5.41) is 0. The number of aryl methyl sites for hydroxylation is 1. The minimum atomic E-state index is -4.24. The molecule has 1 aromatic carbocycles. The summed E-state index contributed by atoms with van der Waals surface area (Å²) < 4.78 is 37.5. The van der Waals surface area contributed by atoms with Gasteiger partial charge in [0.15, 0.2) is 0 Å². The first-order valence-corrected chi connectivity index (χ1v) is 5.50. The maximum atomic E-state index is 12.5. The van der Waals surface area contributed by atoms with Crippen molar-refractivity contribution in [1.29, 1.82) is 0 Å². The third-order valence-corrected chi connectivity index (χ3v) is 2.23. The summed E-state index contributed by atoms with van der Waals surface area (Å²) in [4.78, 5) is 0. The number of benzene rings is 1. The van der Waals surface area contributed by atoms with E-state index in [9.17, 15) is 13.2 Å². The average Bonchev–Trinajstić information content (AvgIpc) is 2.19. The standard InChI is InChI=1S/C11H13F3.C2H6/c1-7(2)9-5-4-8(3)10(6-9)11(12,13)14;1-2/h4-7H,1-3H3;1-2H3. The molecule has 0 bridgehead atoms. The van der Waals surface area contributed by atoms with E-state index in [2.05, 4.69) is 0 Å². The van der Waals surface area contributed by atoms with Crippen LogP contribution in [0.25, 0.3) is 0 Å². The van der Waals surface area contributed by atoms with Gasteiger partial charge in [-0.1, -0.05) is 39.8 Å². The Bertz CT molecular complexity index is 324. The van der Waals surface area contributed by atoms with Crippen molar-refractivity contribution >= 4 is 0 Å². The van der Waals surface area contributed by atoms with Crippen molar-refractivity contribution in [3.8, 4) is 0 Å². The molecule has 1 aromatic rings. The second-order valence-electron chi connectivity index (χ2n) is 3.73. The SMILES string of the molecule is CC.Cc1ccc(C(C)C)cc1C(F)(F)F. The summed E-state index contributed by atoms with van der Waals surface area (Å²) in [7, 11) is 0. The van der Waals surface area contributed by atoms with E-state index in [4.69, 9.17) is 0 Å². The third-order valence-electron chi connectivity index (χ3n) is 2.23. The Kier molecular flexibility index (Phi) is 5.56. The Labute approximate surface area is 95.5 Å². The summed E-state index contributed by atoms with van der Waals surface area (Å²) in [5.41, 5.74) is 0.480. The Balaban J connectivity index is 0.00000106. The van der Waals surface area contributed by atoms with Gasteiger partial charge in [0, 0.05) is 0 Å². The van der Waals surface area contributed by atoms with E-state index >= 15 is 0 Å². The lowest BCUT2D eigenvalue weighted by Gasteiger charge is -2.13. The van der Waals surface area contributed by atoms with Gasteiger partial charge in [-0.3, -0.25) is 0 Å². The Morgan fingerprint density at radius 1 is 1.06 bits per heavy atom. The van der Waals surface area contributed by atoms with Crippen LogP contribution in [0.1, 0.15) is 50.3 Å². The fourth-order valence-corrected chi connectivity index (χ4v) is 1.30. The van der Waals surface area contributed by atoms with E-state index in [-0.39, 0.29) is 11.5 Å². The van der Waals surface area contributed by atoms with Crippen LogP contribution >= 0.6 is 0 Å². The normalized spacial score (nSPS) is 11.1. The molecule has 92 valence electrons. The molecule has 0 aliphatic heterocycles. The Morgan fingerprint density at radius 2 is 1.56 bits per heavy atom. The van der Waals surface area contributed by atoms with E-state index in [0.29, 0.717) is 0 Å². The summed E-state index contributed by atoms with van der Waals surface area (Å²) in [6.45, 7) is 9.24. The molecule has 0 aliphatic carbocycles. The van der Waals surface area contributed by atoms with Crippen LogP contribution in [-0.2, 0) is 6.18 Å². The van der Waals surface area contributed by atoms with Crippen LogP contribution in [0.5, 0.6) is 0 Å². The zero-order valence-corrected chi connectivity index (χ0v) is 10.4. The number of rotatable bonds is 1. The van der Waals surface area contributed by atoms with Crippen LogP contribution in [0, 0.1) is 6.92 Å². The first kappa shape index (κ1) is 15.0. The molecule has 0 N–H and O–H groups in total. The topological polar surface area (TPSA) is 0 Å². The molecule has 0 aromatic heterocycles. The van der Waals surface area contributed by atoms with E-state index in [0.717, 1.165) is 5.56 Å². The van der Waals surface area contributed by atoms with Crippen molar-refractivity contribution < 1.29 is 13.2 Å². The maximum Gasteiger partial charge on any atom is 0.416 e. The molecule has 0 atom stereocenters. The van der Waals surface area contributed by atoms with E-state index in [1.54, 1.807) is 6.07 Å². The van der Waals surface area contributed by atoms with Gasteiger partial charge in [-0.25, -0.2) is 0 Å². The number of hydrogen-bond donors (Lipinski definition) is 0. The lowest BCUT2D eigenvalue weighted by molar-refractivity contribution is -0.138. The Hall–Kier alpha value is -0.990. The van der Waals surface area contributed by atoms with Gasteiger partial charge < -0.3 is 0 Å². The smallest absolute Gasteiger partial charge is 0.166 e. The molecule has 0 saturated heterocycles. The molecular formula is C13H19F3. The molecule has 0 saturated carbocycles. The predicted molar refractivity (Wildman–Crippen MR) is 61.6 cm³/mol. The molecule has 1 rings (SSSR count). The van der Waals surface area contributed by atoms with Gasteiger partial charge in [0.25, 0.3) is 0 Å². The predicted octanol–water partition coefficient (Wildman–Crippen LogP) is 5.16. The van der Waals surface area contributed by atoms with Gasteiger partial charge in [0.2, 0.25) is 0 Å². The van der Waals surface area contributed by atoms with Crippen LogP contribution in [0.4, 0.5) is 13.2 Å². The number of alkyl halides is 3. The molecule has 0 aliphatic rings. The molecule has 0 spiro atoms. The highest BCUT2D eigenvalue weighted by Crippen LogP contribution is 2.33. The fourth-order valence-electron chi connectivity index (χ4n) is 1.30. The molecule has 0 unspecified atom stereocenters.